The molecule has 0 heterocycles. The largest absolute Gasteiger partial charge is 0.282 e. The minimum absolute atomic E-state index is 0.190. The van der Waals surface area contributed by atoms with Gasteiger partial charge in [-0.3, -0.25) is 14.5 Å². The molecular formula is C7H11NO2. The highest BCUT2D eigenvalue weighted by Gasteiger charge is 2.10. The molecule has 0 aromatic rings. The number of carbonyl (C=O) groups excluding carboxylic acids is 2. The van der Waals surface area contributed by atoms with Crippen LogP contribution in [0, 0.1) is 0 Å². The van der Waals surface area contributed by atoms with E-state index in [9.17, 15) is 9.59 Å². The fraction of sp³-hybridized carbons (Fsp3) is 0.429. The molecule has 0 aliphatic rings. The number of imide groups is 1. The number of hydrogen-bond acceptors (Lipinski definition) is 2. The van der Waals surface area contributed by atoms with Gasteiger partial charge >= 0.3 is 0 Å². The summed E-state index contributed by atoms with van der Waals surface area (Å²) >= 11 is 0. The van der Waals surface area contributed by atoms with Crippen molar-refractivity contribution in [1.29, 1.82) is 0 Å². The molecule has 0 saturated carbocycles. The molecule has 3 nitrogen and oxygen atoms in total. The van der Waals surface area contributed by atoms with Crippen LogP contribution in [0.5, 0.6) is 0 Å². The van der Waals surface area contributed by atoms with Crippen LogP contribution in [0.25, 0.3) is 0 Å². The monoisotopic (exact) mass is 141 g/mol. The van der Waals surface area contributed by atoms with Gasteiger partial charge < -0.3 is 0 Å². The number of rotatable bonds is 2. The molecule has 0 fully saturated rings. The normalized spacial score (nSPS) is 8.60. The van der Waals surface area contributed by atoms with Gasteiger partial charge in [0.1, 0.15) is 0 Å². The first-order valence-corrected chi connectivity index (χ1v) is 3.06. The van der Waals surface area contributed by atoms with Crippen LogP contribution < -0.4 is 0 Å². The minimum Gasteiger partial charge on any atom is -0.282 e. The SMILES string of the molecule is C=CC(=O)N(C)C(=O)CC. The van der Waals surface area contributed by atoms with Crippen molar-refractivity contribution >= 4 is 11.8 Å². The highest BCUT2D eigenvalue weighted by molar-refractivity contribution is 6.00. The van der Waals surface area contributed by atoms with E-state index in [1.54, 1.807) is 6.92 Å². The molecule has 0 spiro atoms. The van der Waals surface area contributed by atoms with Gasteiger partial charge in [-0.1, -0.05) is 13.5 Å². The van der Waals surface area contributed by atoms with Crippen molar-refractivity contribution < 1.29 is 9.59 Å². The Balaban J connectivity index is 4.06. The summed E-state index contributed by atoms with van der Waals surface area (Å²) in [4.78, 5) is 22.5. The summed E-state index contributed by atoms with van der Waals surface area (Å²) in [5.41, 5.74) is 0. The lowest BCUT2D eigenvalue weighted by molar-refractivity contribution is -0.140. The lowest BCUT2D eigenvalue weighted by atomic mass is 10.4. The maximum Gasteiger partial charge on any atom is 0.252 e. The van der Waals surface area contributed by atoms with Crippen molar-refractivity contribution in [1.82, 2.24) is 4.90 Å². The zero-order chi connectivity index (χ0) is 8.15. The van der Waals surface area contributed by atoms with Crippen molar-refractivity contribution in [3.05, 3.63) is 12.7 Å². The van der Waals surface area contributed by atoms with Crippen LogP contribution >= 0.6 is 0 Å². The third-order valence-electron chi connectivity index (χ3n) is 1.18. The summed E-state index contributed by atoms with van der Waals surface area (Å²) in [6.45, 7) is 4.96. The first-order chi connectivity index (χ1) is 4.63. The maximum atomic E-state index is 10.8. The van der Waals surface area contributed by atoms with E-state index < -0.39 is 0 Å². The Morgan fingerprint density at radius 3 is 2.40 bits per heavy atom. The summed E-state index contributed by atoms with van der Waals surface area (Å²) in [6.07, 6.45) is 1.46. The Bertz CT molecular complexity index is 163. The van der Waals surface area contributed by atoms with Crippen molar-refractivity contribution in [3.63, 3.8) is 0 Å². The highest BCUT2D eigenvalue weighted by atomic mass is 16.2. The van der Waals surface area contributed by atoms with Gasteiger partial charge in [0.05, 0.1) is 0 Å². The molecule has 0 rings (SSSR count). The molecule has 0 radical (unpaired) electrons. The number of carbonyl (C=O) groups is 2. The number of nitrogens with zero attached hydrogens (tertiary/aromatic N) is 1. The Kier molecular flexibility index (Phi) is 3.39. The fourth-order valence-electron chi connectivity index (χ4n) is 0.497. The van der Waals surface area contributed by atoms with Crippen LogP contribution in [0.4, 0.5) is 0 Å². The smallest absolute Gasteiger partial charge is 0.252 e. The molecule has 0 aromatic heterocycles. The molecule has 0 aliphatic carbocycles. The van der Waals surface area contributed by atoms with Crippen molar-refractivity contribution in [2.45, 2.75) is 13.3 Å². The van der Waals surface area contributed by atoms with E-state index in [4.69, 9.17) is 0 Å². The number of likely N-dealkylation sites (N-methyl/N-ethyl adjacent to an activating group) is 1. The number of hydrogen-bond donors (Lipinski definition) is 0. The Hall–Kier alpha value is -1.12. The molecule has 3 heteroatoms. The van der Waals surface area contributed by atoms with E-state index in [2.05, 4.69) is 6.58 Å². The Morgan fingerprint density at radius 1 is 1.60 bits per heavy atom. The van der Waals surface area contributed by atoms with Crippen LogP contribution in [0.3, 0.4) is 0 Å². The summed E-state index contributed by atoms with van der Waals surface area (Å²) in [5, 5.41) is 0. The molecular weight excluding hydrogens is 130 g/mol. The molecule has 0 N–H and O–H groups in total. The van der Waals surface area contributed by atoms with Crippen LogP contribution in [0.2, 0.25) is 0 Å². The summed E-state index contributed by atoms with van der Waals surface area (Å²) < 4.78 is 0. The van der Waals surface area contributed by atoms with Crippen LogP contribution in [-0.4, -0.2) is 23.8 Å². The highest BCUT2D eigenvalue weighted by Crippen LogP contribution is 1.90. The van der Waals surface area contributed by atoms with Crippen LogP contribution in [-0.2, 0) is 9.59 Å². The predicted octanol–water partition coefficient (Wildman–Crippen LogP) is 0.567. The van der Waals surface area contributed by atoms with E-state index in [0.717, 1.165) is 11.0 Å². The molecule has 2 amide bonds. The second-order valence-corrected chi connectivity index (χ2v) is 1.85. The molecule has 56 valence electrons. The van der Waals surface area contributed by atoms with Gasteiger partial charge in [0.2, 0.25) is 5.91 Å². The van der Waals surface area contributed by atoms with Gasteiger partial charge in [-0.25, -0.2) is 0 Å². The quantitative estimate of drug-likeness (QED) is 0.527. The zero-order valence-electron chi connectivity index (χ0n) is 6.26. The topological polar surface area (TPSA) is 37.4 Å². The molecule has 0 unspecified atom stereocenters. The Labute approximate surface area is 60.3 Å². The van der Waals surface area contributed by atoms with E-state index in [1.807, 2.05) is 0 Å². The first kappa shape index (κ1) is 8.88. The third-order valence-corrected chi connectivity index (χ3v) is 1.18. The lowest BCUT2D eigenvalue weighted by Gasteiger charge is -2.10. The molecule has 0 aromatic carbocycles. The third kappa shape index (κ3) is 2.01. The second-order valence-electron chi connectivity index (χ2n) is 1.85. The number of amides is 2. The average Bonchev–Trinajstić information content (AvgIpc) is 2.00. The predicted molar refractivity (Wildman–Crippen MR) is 38.3 cm³/mol. The summed E-state index contributed by atoms with van der Waals surface area (Å²) in [7, 11) is 1.44. The first-order valence-electron chi connectivity index (χ1n) is 3.06. The van der Waals surface area contributed by atoms with E-state index in [-0.39, 0.29) is 11.8 Å². The second kappa shape index (κ2) is 3.82. The molecule has 0 saturated heterocycles. The average molecular weight is 141 g/mol. The van der Waals surface area contributed by atoms with E-state index >= 15 is 0 Å². The fourth-order valence-corrected chi connectivity index (χ4v) is 0.497. The Morgan fingerprint density at radius 2 is 2.10 bits per heavy atom. The van der Waals surface area contributed by atoms with E-state index in [1.165, 1.54) is 7.05 Å². The maximum absolute atomic E-state index is 10.8. The summed E-state index contributed by atoms with van der Waals surface area (Å²) in [6, 6.07) is 0. The van der Waals surface area contributed by atoms with Gasteiger partial charge in [0, 0.05) is 13.5 Å². The van der Waals surface area contributed by atoms with Crippen LogP contribution in [0.1, 0.15) is 13.3 Å². The molecule has 0 aliphatic heterocycles. The van der Waals surface area contributed by atoms with Crippen LogP contribution in [0.15, 0.2) is 12.7 Å². The van der Waals surface area contributed by atoms with E-state index in [0.29, 0.717) is 6.42 Å². The standard InChI is InChI=1S/C7H11NO2/c1-4-6(9)8(3)7(10)5-2/h4H,1,5H2,2-3H3. The van der Waals surface area contributed by atoms with Gasteiger partial charge in [-0.15, -0.1) is 0 Å². The molecule has 0 bridgehead atoms. The van der Waals surface area contributed by atoms with Crippen molar-refractivity contribution in [2.24, 2.45) is 0 Å². The molecule has 0 atom stereocenters. The molecule has 10 heavy (non-hydrogen) atoms. The van der Waals surface area contributed by atoms with Gasteiger partial charge in [0.25, 0.3) is 5.91 Å². The van der Waals surface area contributed by atoms with Crippen molar-refractivity contribution in [3.8, 4) is 0 Å². The van der Waals surface area contributed by atoms with Crippen molar-refractivity contribution in [2.75, 3.05) is 7.05 Å². The summed E-state index contributed by atoms with van der Waals surface area (Å²) in [5.74, 6) is -0.545. The van der Waals surface area contributed by atoms with Gasteiger partial charge in [-0.05, 0) is 6.08 Å². The lowest BCUT2D eigenvalue weighted by Crippen LogP contribution is -2.30. The van der Waals surface area contributed by atoms with Gasteiger partial charge in [-0.2, -0.15) is 0 Å². The minimum atomic E-state index is -0.355. The zero-order valence-corrected chi connectivity index (χ0v) is 6.26. The van der Waals surface area contributed by atoms with Gasteiger partial charge in [0.15, 0.2) is 0 Å².